The molecule has 0 spiro atoms. The first-order valence-electron chi connectivity index (χ1n) is 9.21. The Bertz CT molecular complexity index is 1190. The summed E-state index contributed by atoms with van der Waals surface area (Å²) < 4.78 is 31.5. The van der Waals surface area contributed by atoms with Crippen LogP contribution in [0.4, 0.5) is 5.69 Å². The van der Waals surface area contributed by atoms with Gasteiger partial charge in [0.25, 0.3) is 5.91 Å². The van der Waals surface area contributed by atoms with Gasteiger partial charge in [-0.25, -0.2) is 8.42 Å². The molecule has 154 valence electrons. The number of anilines is 1. The van der Waals surface area contributed by atoms with Gasteiger partial charge in [0, 0.05) is 4.88 Å². The van der Waals surface area contributed by atoms with E-state index in [0.717, 1.165) is 4.88 Å². The molecule has 0 unspecified atom stereocenters. The fourth-order valence-electron chi connectivity index (χ4n) is 3.24. The molecule has 1 aliphatic rings. The van der Waals surface area contributed by atoms with Crippen molar-refractivity contribution in [3.63, 3.8) is 0 Å². The number of rotatable bonds is 5. The minimum atomic E-state index is -3.68. The summed E-state index contributed by atoms with van der Waals surface area (Å²) in [6.45, 7) is 0.171. The van der Waals surface area contributed by atoms with Crippen molar-refractivity contribution in [1.29, 1.82) is 0 Å². The summed E-state index contributed by atoms with van der Waals surface area (Å²) in [5, 5.41) is 2.31. The first kappa shape index (κ1) is 20.7. The molecule has 0 atom stereocenters. The van der Waals surface area contributed by atoms with Crippen LogP contribution in [0.25, 0.3) is 4.91 Å². The normalized spacial score (nSPS) is 15.5. The number of para-hydroxylation sites is 1. The number of benzene rings is 2. The Morgan fingerprint density at radius 2 is 1.77 bits per heavy atom. The molecule has 0 N–H and O–H groups in total. The monoisotopic (exact) mass is 459 g/mol. The van der Waals surface area contributed by atoms with Gasteiger partial charge in [-0.15, -0.1) is 11.3 Å². The minimum absolute atomic E-state index is 0.0743. The van der Waals surface area contributed by atoms with Crippen molar-refractivity contribution in [2.24, 2.45) is 0 Å². The summed E-state index contributed by atoms with van der Waals surface area (Å²) in [6, 6.07) is 19.3. The van der Waals surface area contributed by atoms with Crippen molar-refractivity contribution in [1.82, 2.24) is 0 Å². The van der Waals surface area contributed by atoms with Crippen LogP contribution in [0, 0.1) is 0 Å². The van der Waals surface area contributed by atoms with Crippen LogP contribution in [0.3, 0.4) is 0 Å². The van der Waals surface area contributed by atoms with E-state index in [-0.39, 0.29) is 29.6 Å². The molecule has 1 aromatic heterocycles. The highest BCUT2D eigenvalue weighted by Crippen LogP contribution is 2.34. The van der Waals surface area contributed by atoms with Crippen LogP contribution in [0.2, 0.25) is 5.02 Å². The Morgan fingerprint density at radius 3 is 2.47 bits per heavy atom. The number of halogens is 1. The zero-order chi connectivity index (χ0) is 21.1. The van der Waals surface area contributed by atoms with Gasteiger partial charge in [0.05, 0.1) is 23.0 Å². The van der Waals surface area contributed by atoms with Crippen LogP contribution in [0.15, 0.2) is 77.9 Å². The lowest BCUT2D eigenvalue weighted by molar-refractivity contribution is -0.118. The van der Waals surface area contributed by atoms with Gasteiger partial charge in [-0.3, -0.25) is 9.69 Å². The molecule has 0 aliphatic carbocycles. The Hall–Kier alpha value is -2.61. The Morgan fingerprint density at radius 1 is 1.03 bits per heavy atom. The number of carbonyl (C=O) groups excluding carboxylic acids is 1. The van der Waals surface area contributed by atoms with Crippen LogP contribution in [0.5, 0.6) is 0 Å². The fraction of sp³-hybridized carbons (Fsp3) is 0.136. The van der Waals surface area contributed by atoms with E-state index < -0.39 is 15.7 Å². The molecule has 1 amide bonds. The Kier molecular flexibility index (Phi) is 5.94. The topological polar surface area (TPSA) is 63.7 Å². The summed E-state index contributed by atoms with van der Waals surface area (Å²) in [6.07, 6.45) is 0. The van der Waals surface area contributed by atoms with Gasteiger partial charge in [-0.2, -0.15) is 0 Å². The highest BCUT2D eigenvalue weighted by atomic mass is 35.5. The quantitative estimate of drug-likeness (QED) is 0.552. The van der Waals surface area contributed by atoms with Gasteiger partial charge in [0.15, 0.2) is 9.84 Å². The second kappa shape index (κ2) is 8.63. The first-order chi connectivity index (χ1) is 14.5. The van der Waals surface area contributed by atoms with Crippen molar-refractivity contribution in [2.75, 3.05) is 17.3 Å². The van der Waals surface area contributed by atoms with Crippen LogP contribution in [-0.4, -0.2) is 26.7 Å². The minimum Gasteiger partial charge on any atom is -0.486 e. The van der Waals surface area contributed by atoms with Crippen molar-refractivity contribution in [3.05, 3.63) is 93.3 Å². The second-order valence-corrected chi connectivity index (χ2v) is 10.1. The molecule has 1 aliphatic heterocycles. The molecule has 0 saturated heterocycles. The predicted molar refractivity (Wildman–Crippen MR) is 120 cm³/mol. The van der Waals surface area contributed by atoms with Gasteiger partial charge in [0.2, 0.25) is 5.76 Å². The van der Waals surface area contributed by atoms with Crippen molar-refractivity contribution in [3.8, 4) is 0 Å². The number of hydrogen-bond acceptors (Lipinski definition) is 5. The lowest BCUT2D eigenvalue weighted by atomic mass is 10.1. The van der Waals surface area contributed by atoms with E-state index in [1.807, 2.05) is 17.5 Å². The third kappa shape index (κ3) is 4.14. The molecule has 4 rings (SSSR count). The lowest BCUT2D eigenvalue weighted by Crippen LogP contribution is -2.36. The van der Waals surface area contributed by atoms with E-state index in [1.165, 1.54) is 16.2 Å². The number of nitrogens with zero attached hydrogens (tertiary/aromatic N) is 1. The molecule has 2 aromatic carbocycles. The maximum atomic E-state index is 13.7. The summed E-state index contributed by atoms with van der Waals surface area (Å²) in [5.41, 5.74) is 0.917. The summed E-state index contributed by atoms with van der Waals surface area (Å²) in [5.74, 6) is -0.895. The molecule has 0 bridgehead atoms. The molecule has 30 heavy (non-hydrogen) atoms. The van der Waals surface area contributed by atoms with Crippen LogP contribution in [-0.2, 0) is 25.9 Å². The summed E-state index contributed by atoms with van der Waals surface area (Å²) in [4.78, 5) is 16.0. The van der Waals surface area contributed by atoms with Crippen molar-refractivity contribution in [2.45, 2.75) is 6.54 Å². The summed E-state index contributed by atoms with van der Waals surface area (Å²) in [7, 11) is -3.68. The van der Waals surface area contributed by atoms with E-state index in [2.05, 4.69) is 0 Å². The maximum absolute atomic E-state index is 13.7. The smallest absolute Gasteiger partial charge is 0.295 e. The number of hydrogen-bond donors (Lipinski definition) is 0. The maximum Gasteiger partial charge on any atom is 0.295 e. The molecule has 2 heterocycles. The zero-order valence-corrected chi connectivity index (χ0v) is 18.2. The van der Waals surface area contributed by atoms with Gasteiger partial charge < -0.3 is 4.74 Å². The lowest BCUT2D eigenvalue weighted by Gasteiger charge is -2.28. The zero-order valence-electron chi connectivity index (χ0n) is 15.8. The standard InChI is InChI=1S/C22H18ClNO4S2/c23-18-10-4-5-11-19(18)24(15-17-9-6-13-29-17)22(25)20-21(16-7-2-1-3-8-16)30(26,27)14-12-28-20/h1-11,13H,12,14-15H2. The van der Waals surface area contributed by atoms with Gasteiger partial charge in [-0.1, -0.05) is 60.1 Å². The largest absolute Gasteiger partial charge is 0.486 e. The van der Waals surface area contributed by atoms with Crippen LogP contribution >= 0.6 is 22.9 Å². The molecule has 3 aromatic rings. The van der Waals surface area contributed by atoms with E-state index in [1.54, 1.807) is 54.6 Å². The van der Waals surface area contributed by atoms with Gasteiger partial charge in [0.1, 0.15) is 11.5 Å². The highest BCUT2D eigenvalue weighted by molar-refractivity contribution is 8.00. The number of amides is 1. The first-order valence-corrected chi connectivity index (χ1v) is 12.1. The SMILES string of the molecule is O=C(C1=C(c2ccccc2)S(=O)(=O)CCO1)N(Cc1cccs1)c1ccccc1Cl. The number of carbonyl (C=O) groups is 1. The van der Waals surface area contributed by atoms with E-state index in [0.29, 0.717) is 16.3 Å². The van der Waals surface area contributed by atoms with Crippen LogP contribution in [0.1, 0.15) is 10.4 Å². The van der Waals surface area contributed by atoms with E-state index in [9.17, 15) is 13.2 Å². The average molecular weight is 460 g/mol. The van der Waals surface area contributed by atoms with Crippen LogP contribution < -0.4 is 4.90 Å². The van der Waals surface area contributed by atoms with Gasteiger partial charge >= 0.3 is 0 Å². The van der Waals surface area contributed by atoms with Gasteiger partial charge in [-0.05, 0) is 29.1 Å². The second-order valence-electron chi connectivity index (χ2n) is 6.61. The van der Waals surface area contributed by atoms with E-state index >= 15 is 0 Å². The fourth-order valence-corrected chi connectivity index (χ4v) is 5.60. The molecular formula is C22H18ClNO4S2. The summed E-state index contributed by atoms with van der Waals surface area (Å²) >= 11 is 7.89. The molecule has 0 fully saturated rings. The Balaban J connectivity index is 1.87. The average Bonchev–Trinajstić information content (AvgIpc) is 3.25. The number of thiophene rings is 1. The third-order valence-corrected chi connectivity index (χ3v) is 7.56. The number of ether oxygens (including phenoxy) is 1. The molecular weight excluding hydrogens is 442 g/mol. The highest BCUT2D eigenvalue weighted by Gasteiger charge is 2.36. The molecule has 5 nitrogen and oxygen atoms in total. The molecule has 0 saturated carbocycles. The Labute approximate surface area is 184 Å². The third-order valence-electron chi connectivity index (χ3n) is 4.63. The van der Waals surface area contributed by atoms with E-state index in [4.69, 9.17) is 16.3 Å². The van der Waals surface area contributed by atoms with Crippen molar-refractivity contribution < 1.29 is 17.9 Å². The van der Waals surface area contributed by atoms with Crippen molar-refractivity contribution >= 4 is 49.3 Å². The number of sulfone groups is 1. The predicted octanol–water partition coefficient (Wildman–Crippen LogP) is 4.75. The molecule has 0 radical (unpaired) electrons. The molecule has 8 heteroatoms.